The van der Waals surface area contributed by atoms with E-state index in [1.807, 2.05) is 43.3 Å². The monoisotopic (exact) mass is 409 g/mol. The van der Waals surface area contributed by atoms with E-state index in [-0.39, 0.29) is 11.7 Å². The Kier molecular flexibility index (Phi) is 7.82. The van der Waals surface area contributed by atoms with Crippen LogP contribution in [-0.2, 0) is 16.0 Å². The molecule has 0 radical (unpaired) electrons. The van der Waals surface area contributed by atoms with Gasteiger partial charge in [0.2, 0.25) is 0 Å². The number of carbonyl (C=O) groups excluding carboxylic acids is 1. The lowest BCUT2D eigenvalue weighted by Crippen LogP contribution is -2.08. The number of benzene rings is 2. The third-order valence-electron chi connectivity index (χ3n) is 5.22. The molecule has 0 fully saturated rings. The van der Waals surface area contributed by atoms with Gasteiger partial charge in [-0.15, -0.1) is 15.0 Å². The van der Waals surface area contributed by atoms with Crippen LogP contribution in [0.25, 0.3) is 16.7 Å². The number of fused-ring (bicyclic) bond motifs is 1. The highest BCUT2D eigenvalue weighted by molar-refractivity contribution is 5.74. The molecule has 0 spiro atoms. The topological polar surface area (TPSA) is 77.2 Å². The first-order valence-corrected chi connectivity index (χ1v) is 10.9. The zero-order valence-electron chi connectivity index (χ0n) is 17.9. The van der Waals surface area contributed by atoms with Gasteiger partial charge in [-0.05, 0) is 49.1 Å². The van der Waals surface area contributed by atoms with Crippen LogP contribution in [0.4, 0.5) is 0 Å². The lowest BCUT2D eigenvalue weighted by atomic mass is 10.0. The lowest BCUT2D eigenvalue weighted by molar-refractivity contribution is -0.143. The molecule has 3 aromatic rings. The van der Waals surface area contributed by atoms with Crippen LogP contribution < -0.4 is 0 Å². The van der Waals surface area contributed by atoms with Crippen molar-refractivity contribution in [3.8, 4) is 11.4 Å². The largest absolute Gasteiger partial charge is 0.505 e. The number of unbranched alkanes of at least 4 members (excludes halogenated alkanes) is 5. The molecule has 6 heteroatoms. The Morgan fingerprint density at radius 2 is 1.70 bits per heavy atom. The number of rotatable bonds is 11. The molecule has 0 bridgehead atoms. The smallest absolute Gasteiger partial charge is 0.306 e. The Balaban J connectivity index is 1.56. The number of aromatic nitrogens is 3. The summed E-state index contributed by atoms with van der Waals surface area (Å²) in [5.74, 6) is -0.0384. The highest BCUT2D eigenvalue weighted by Gasteiger charge is 2.13. The summed E-state index contributed by atoms with van der Waals surface area (Å²) in [6.45, 7) is 4.53. The number of esters is 1. The van der Waals surface area contributed by atoms with Crippen molar-refractivity contribution in [1.82, 2.24) is 15.0 Å². The van der Waals surface area contributed by atoms with Crippen molar-refractivity contribution in [1.29, 1.82) is 0 Å². The SMILES string of the molecule is CCCCCCCCOC(=O)CCc1cc(C)c(O)c(-n2nc3ccccc3n2)c1. The number of nitrogens with zero attached hydrogens (tertiary/aromatic N) is 3. The molecule has 0 unspecified atom stereocenters. The molecule has 1 aromatic heterocycles. The van der Waals surface area contributed by atoms with Crippen LogP contribution in [-0.4, -0.2) is 32.7 Å². The summed E-state index contributed by atoms with van der Waals surface area (Å²) < 4.78 is 5.36. The molecule has 0 aliphatic carbocycles. The first-order chi connectivity index (χ1) is 14.6. The number of hydrogen-bond acceptors (Lipinski definition) is 5. The fourth-order valence-electron chi connectivity index (χ4n) is 3.49. The second-order valence-corrected chi connectivity index (χ2v) is 7.75. The molecule has 0 saturated carbocycles. The van der Waals surface area contributed by atoms with Crippen LogP contribution in [0.2, 0.25) is 0 Å². The number of aromatic hydroxyl groups is 1. The molecule has 0 saturated heterocycles. The van der Waals surface area contributed by atoms with Crippen molar-refractivity contribution >= 4 is 17.0 Å². The molecule has 30 heavy (non-hydrogen) atoms. The minimum Gasteiger partial charge on any atom is -0.505 e. The van der Waals surface area contributed by atoms with E-state index in [1.54, 1.807) is 0 Å². The second kappa shape index (κ2) is 10.8. The van der Waals surface area contributed by atoms with Gasteiger partial charge in [-0.2, -0.15) is 0 Å². The van der Waals surface area contributed by atoms with E-state index in [0.717, 1.165) is 35.0 Å². The van der Waals surface area contributed by atoms with Gasteiger partial charge in [0.1, 0.15) is 22.5 Å². The minimum absolute atomic E-state index is 0.143. The van der Waals surface area contributed by atoms with Gasteiger partial charge in [0.15, 0.2) is 0 Å². The van der Waals surface area contributed by atoms with E-state index in [4.69, 9.17) is 4.74 Å². The van der Waals surface area contributed by atoms with Crippen molar-refractivity contribution in [3.63, 3.8) is 0 Å². The van der Waals surface area contributed by atoms with Crippen LogP contribution in [0.3, 0.4) is 0 Å². The molecule has 0 aliphatic heterocycles. The molecule has 2 aromatic carbocycles. The van der Waals surface area contributed by atoms with E-state index in [9.17, 15) is 9.90 Å². The Hall–Kier alpha value is -2.89. The average Bonchev–Trinajstić information content (AvgIpc) is 3.18. The van der Waals surface area contributed by atoms with Gasteiger partial charge in [0.25, 0.3) is 0 Å². The van der Waals surface area contributed by atoms with Crippen molar-refractivity contribution in [3.05, 3.63) is 47.5 Å². The highest BCUT2D eigenvalue weighted by Crippen LogP contribution is 2.28. The van der Waals surface area contributed by atoms with Gasteiger partial charge in [-0.25, -0.2) is 0 Å². The molecule has 3 rings (SSSR count). The fourth-order valence-corrected chi connectivity index (χ4v) is 3.49. The van der Waals surface area contributed by atoms with E-state index >= 15 is 0 Å². The predicted octanol–water partition coefficient (Wildman–Crippen LogP) is 5.27. The summed E-state index contributed by atoms with van der Waals surface area (Å²) in [6.07, 6.45) is 7.87. The van der Waals surface area contributed by atoms with Crippen LogP contribution >= 0.6 is 0 Å². The first-order valence-electron chi connectivity index (χ1n) is 10.9. The molecule has 160 valence electrons. The minimum atomic E-state index is -0.182. The summed E-state index contributed by atoms with van der Waals surface area (Å²) in [6, 6.07) is 11.3. The zero-order chi connectivity index (χ0) is 21.3. The summed E-state index contributed by atoms with van der Waals surface area (Å²) >= 11 is 0. The fraction of sp³-hybridized carbons (Fsp3) is 0.458. The van der Waals surface area contributed by atoms with Crippen LogP contribution in [0.5, 0.6) is 5.75 Å². The Morgan fingerprint density at radius 3 is 2.40 bits per heavy atom. The van der Waals surface area contributed by atoms with Crippen molar-refractivity contribution < 1.29 is 14.6 Å². The second-order valence-electron chi connectivity index (χ2n) is 7.75. The van der Waals surface area contributed by atoms with Gasteiger partial charge in [-0.1, -0.05) is 57.2 Å². The number of phenolic OH excluding ortho intramolecular Hbond substituents is 1. The molecule has 1 heterocycles. The summed E-state index contributed by atoms with van der Waals surface area (Å²) in [5.41, 5.74) is 3.71. The summed E-state index contributed by atoms with van der Waals surface area (Å²) in [5, 5.41) is 19.4. The molecular weight excluding hydrogens is 378 g/mol. The average molecular weight is 410 g/mol. The molecule has 6 nitrogen and oxygen atoms in total. The number of carbonyl (C=O) groups is 1. The van der Waals surface area contributed by atoms with Crippen LogP contribution in [0.1, 0.15) is 63.0 Å². The number of phenols is 1. The van der Waals surface area contributed by atoms with Gasteiger partial charge >= 0.3 is 5.97 Å². The lowest BCUT2D eigenvalue weighted by Gasteiger charge is -2.10. The number of ether oxygens (including phenoxy) is 1. The van der Waals surface area contributed by atoms with E-state index in [1.165, 1.54) is 30.5 Å². The third-order valence-corrected chi connectivity index (χ3v) is 5.22. The summed E-state index contributed by atoms with van der Waals surface area (Å²) in [7, 11) is 0. The van der Waals surface area contributed by atoms with Gasteiger partial charge in [0, 0.05) is 6.42 Å². The Labute approximate surface area is 177 Å². The van der Waals surface area contributed by atoms with Crippen LogP contribution in [0.15, 0.2) is 36.4 Å². The highest BCUT2D eigenvalue weighted by atomic mass is 16.5. The predicted molar refractivity (Wildman–Crippen MR) is 118 cm³/mol. The molecule has 0 aliphatic rings. The van der Waals surface area contributed by atoms with E-state index in [2.05, 4.69) is 17.1 Å². The van der Waals surface area contributed by atoms with Crippen molar-refractivity contribution in [2.45, 2.75) is 65.2 Å². The summed E-state index contributed by atoms with van der Waals surface area (Å²) in [4.78, 5) is 13.5. The molecular formula is C24H31N3O3. The van der Waals surface area contributed by atoms with E-state index < -0.39 is 0 Å². The third kappa shape index (κ3) is 5.81. The Bertz CT molecular complexity index is 948. The number of hydrogen-bond donors (Lipinski definition) is 1. The maximum absolute atomic E-state index is 12.1. The number of aryl methyl sites for hydroxylation is 2. The van der Waals surface area contributed by atoms with Gasteiger partial charge in [-0.3, -0.25) is 4.79 Å². The molecule has 1 N–H and O–H groups in total. The first kappa shape index (κ1) is 21.8. The van der Waals surface area contributed by atoms with Crippen molar-refractivity contribution in [2.75, 3.05) is 6.61 Å². The van der Waals surface area contributed by atoms with E-state index in [0.29, 0.717) is 25.1 Å². The Morgan fingerprint density at radius 1 is 1.03 bits per heavy atom. The van der Waals surface area contributed by atoms with Gasteiger partial charge < -0.3 is 9.84 Å². The van der Waals surface area contributed by atoms with Crippen molar-refractivity contribution in [2.24, 2.45) is 0 Å². The standard InChI is InChI=1S/C24H31N3O3/c1-3-4-5-6-7-10-15-30-23(28)14-13-19-16-18(2)24(29)22(17-19)27-25-20-11-8-9-12-21(20)26-27/h8-9,11-12,16-17,29H,3-7,10,13-15H2,1-2H3. The normalized spacial score (nSPS) is 11.1. The molecule has 0 amide bonds. The molecule has 0 atom stereocenters. The maximum Gasteiger partial charge on any atom is 0.306 e. The van der Waals surface area contributed by atoms with Crippen LogP contribution in [0, 0.1) is 6.92 Å². The van der Waals surface area contributed by atoms with Gasteiger partial charge in [0.05, 0.1) is 6.61 Å². The zero-order valence-corrected chi connectivity index (χ0v) is 17.9. The quantitative estimate of drug-likeness (QED) is 0.345. The maximum atomic E-state index is 12.1.